The molecule has 1 aliphatic carbocycles. The molecule has 0 spiro atoms. The fraction of sp³-hybridized carbons (Fsp3) is 0.0556. The smallest absolute Gasteiger partial charge is 0.0728 e. The van der Waals surface area contributed by atoms with Crippen LogP contribution in [-0.4, -0.2) is 4.98 Å². The Hall–Kier alpha value is -6.83. The molecule has 0 N–H and O–H groups in total. The summed E-state index contributed by atoms with van der Waals surface area (Å²) < 4.78 is 0. The van der Waals surface area contributed by atoms with Crippen LogP contribution in [0.25, 0.3) is 99.0 Å². The summed E-state index contributed by atoms with van der Waals surface area (Å²) in [6, 6.07) is 69.1. The molecule has 1 nitrogen and oxygen atoms in total. The molecule has 1 heterocycles. The molecule has 10 aromatic rings. The van der Waals surface area contributed by atoms with Gasteiger partial charge in [0.05, 0.1) is 11.2 Å². The predicted octanol–water partition coefficient (Wildman–Crippen LogP) is 14.7. The lowest BCUT2D eigenvalue weighted by atomic mass is 9.81. The minimum absolute atomic E-state index is 0.0573. The van der Waals surface area contributed by atoms with Crippen LogP contribution in [0.15, 0.2) is 188 Å². The van der Waals surface area contributed by atoms with Gasteiger partial charge < -0.3 is 0 Å². The number of benzene rings is 9. The maximum Gasteiger partial charge on any atom is 0.0728 e. The normalized spacial score (nSPS) is 13.1. The van der Waals surface area contributed by atoms with Crippen LogP contribution < -0.4 is 0 Å². The molecule has 0 unspecified atom stereocenters. The van der Waals surface area contributed by atoms with E-state index in [1.165, 1.54) is 88.0 Å². The lowest BCUT2D eigenvalue weighted by Crippen LogP contribution is -2.14. The first kappa shape index (κ1) is 31.7. The second-order valence-electron chi connectivity index (χ2n) is 15.5. The van der Waals surface area contributed by atoms with Crippen LogP contribution in [-0.2, 0) is 5.41 Å². The van der Waals surface area contributed by atoms with Crippen molar-refractivity contribution in [3.63, 3.8) is 0 Å². The highest BCUT2D eigenvalue weighted by Crippen LogP contribution is 2.52. The molecule has 0 fully saturated rings. The Balaban J connectivity index is 1.26. The van der Waals surface area contributed by atoms with E-state index in [-0.39, 0.29) is 5.41 Å². The van der Waals surface area contributed by atoms with Crippen LogP contribution in [0.5, 0.6) is 0 Å². The molecular formula is C54H37N. The Morgan fingerprint density at radius 1 is 0.345 bits per heavy atom. The van der Waals surface area contributed by atoms with Crippen molar-refractivity contribution < 1.29 is 0 Å². The van der Waals surface area contributed by atoms with Gasteiger partial charge >= 0.3 is 0 Å². The van der Waals surface area contributed by atoms with E-state index in [4.69, 9.17) is 4.98 Å². The molecule has 1 heteroatoms. The molecule has 0 saturated carbocycles. The molecule has 258 valence electrons. The van der Waals surface area contributed by atoms with Crippen molar-refractivity contribution in [3.8, 4) is 55.8 Å². The van der Waals surface area contributed by atoms with E-state index in [1.54, 1.807) is 0 Å². The van der Waals surface area contributed by atoms with Crippen LogP contribution in [0.2, 0.25) is 0 Å². The van der Waals surface area contributed by atoms with E-state index in [1.807, 2.05) is 0 Å². The van der Waals surface area contributed by atoms with Crippen molar-refractivity contribution in [1.29, 1.82) is 0 Å². The molecule has 0 atom stereocenters. The van der Waals surface area contributed by atoms with Crippen LogP contribution in [0.1, 0.15) is 25.0 Å². The van der Waals surface area contributed by atoms with E-state index in [9.17, 15) is 0 Å². The quantitative estimate of drug-likeness (QED) is 0.167. The average molecular weight is 700 g/mol. The van der Waals surface area contributed by atoms with Gasteiger partial charge in [0, 0.05) is 16.4 Å². The summed E-state index contributed by atoms with van der Waals surface area (Å²) in [6.07, 6.45) is 0. The van der Waals surface area contributed by atoms with Crippen molar-refractivity contribution in [2.24, 2.45) is 0 Å². The minimum atomic E-state index is -0.0573. The van der Waals surface area contributed by atoms with Crippen LogP contribution in [0.3, 0.4) is 0 Å². The number of hydrogen-bond acceptors (Lipinski definition) is 1. The largest absolute Gasteiger partial charge is 0.248 e. The van der Waals surface area contributed by atoms with E-state index in [0.717, 1.165) is 22.2 Å². The van der Waals surface area contributed by atoms with Gasteiger partial charge in [0.1, 0.15) is 0 Å². The maximum atomic E-state index is 5.44. The Kier molecular flexibility index (Phi) is 6.97. The highest BCUT2D eigenvalue weighted by molar-refractivity contribution is 6.22. The Morgan fingerprint density at radius 2 is 0.964 bits per heavy atom. The monoisotopic (exact) mass is 699 g/mol. The van der Waals surface area contributed by atoms with Gasteiger partial charge in [-0.25, -0.2) is 4.98 Å². The molecule has 9 aromatic carbocycles. The molecule has 0 amide bonds. The van der Waals surface area contributed by atoms with Crippen molar-refractivity contribution in [2.75, 3.05) is 0 Å². The minimum Gasteiger partial charge on any atom is -0.248 e. The highest BCUT2D eigenvalue weighted by Gasteiger charge is 2.35. The van der Waals surface area contributed by atoms with E-state index in [0.29, 0.717) is 0 Å². The molecule has 1 aliphatic rings. The van der Waals surface area contributed by atoms with Crippen molar-refractivity contribution in [1.82, 2.24) is 4.98 Å². The molecule has 0 saturated heterocycles. The van der Waals surface area contributed by atoms with Gasteiger partial charge in [-0.3, -0.25) is 0 Å². The maximum absolute atomic E-state index is 5.44. The molecule has 11 rings (SSSR count). The predicted molar refractivity (Wildman–Crippen MR) is 234 cm³/mol. The van der Waals surface area contributed by atoms with Gasteiger partial charge in [0.25, 0.3) is 0 Å². The highest BCUT2D eigenvalue weighted by atomic mass is 14.7. The van der Waals surface area contributed by atoms with Crippen molar-refractivity contribution in [2.45, 2.75) is 19.3 Å². The average Bonchev–Trinajstić information content (AvgIpc) is 3.47. The topological polar surface area (TPSA) is 12.9 Å². The number of para-hydroxylation sites is 1. The Morgan fingerprint density at radius 3 is 1.82 bits per heavy atom. The summed E-state index contributed by atoms with van der Waals surface area (Å²) in [5.74, 6) is 0. The summed E-state index contributed by atoms with van der Waals surface area (Å²) >= 11 is 0. The van der Waals surface area contributed by atoms with E-state index in [2.05, 4.69) is 202 Å². The van der Waals surface area contributed by atoms with Gasteiger partial charge in [0.2, 0.25) is 0 Å². The third-order valence-corrected chi connectivity index (χ3v) is 12.1. The summed E-state index contributed by atoms with van der Waals surface area (Å²) in [5, 5.41) is 8.50. The van der Waals surface area contributed by atoms with Gasteiger partial charge in [-0.15, -0.1) is 0 Å². The first-order valence-corrected chi connectivity index (χ1v) is 19.2. The van der Waals surface area contributed by atoms with Crippen molar-refractivity contribution >= 4 is 43.2 Å². The fourth-order valence-electron chi connectivity index (χ4n) is 9.45. The number of pyridine rings is 1. The second-order valence-corrected chi connectivity index (χ2v) is 15.5. The van der Waals surface area contributed by atoms with Crippen LogP contribution in [0.4, 0.5) is 0 Å². The Bertz CT molecular complexity index is 3160. The van der Waals surface area contributed by atoms with E-state index >= 15 is 0 Å². The van der Waals surface area contributed by atoms with Crippen molar-refractivity contribution in [3.05, 3.63) is 199 Å². The second kappa shape index (κ2) is 12.1. The molecule has 55 heavy (non-hydrogen) atoms. The van der Waals surface area contributed by atoms with Gasteiger partial charge in [-0.05, 0) is 112 Å². The van der Waals surface area contributed by atoms with Gasteiger partial charge in [0.15, 0.2) is 0 Å². The first-order valence-electron chi connectivity index (χ1n) is 19.2. The third kappa shape index (κ3) is 4.83. The number of rotatable bonds is 4. The summed E-state index contributed by atoms with van der Waals surface area (Å²) in [5.41, 5.74) is 15.8. The van der Waals surface area contributed by atoms with Crippen LogP contribution >= 0.6 is 0 Å². The zero-order valence-corrected chi connectivity index (χ0v) is 30.8. The Labute approximate surface area is 321 Å². The summed E-state index contributed by atoms with van der Waals surface area (Å²) in [6.45, 7) is 4.71. The SMILES string of the molecule is CC1(C)c2ccccc2-c2cc(-c3c4ccccc4c(-c4cc(-c5ccccc5)c5ccccc5n4)c4ccc(-c5cccc6ccccc56)cc34)ccc21. The molecule has 0 radical (unpaired) electrons. The van der Waals surface area contributed by atoms with E-state index < -0.39 is 0 Å². The molecule has 0 aliphatic heterocycles. The summed E-state index contributed by atoms with van der Waals surface area (Å²) in [7, 11) is 0. The van der Waals surface area contributed by atoms with Crippen LogP contribution in [0, 0.1) is 0 Å². The fourth-order valence-corrected chi connectivity index (χ4v) is 9.45. The number of nitrogens with zero attached hydrogens (tertiary/aromatic N) is 1. The number of hydrogen-bond donors (Lipinski definition) is 0. The molecular weight excluding hydrogens is 663 g/mol. The van der Waals surface area contributed by atoms with Gasteiger partial charge in [-0.1, -0.05) is 178 Å². The first-order chi connectivity index (χ1) is 27.0. The lowest BCUT2D eigenvalue weighted by molar-refractivity contribution is 0.660. The zero-order valence-electron chi connectivity index (χ0n) is 30.8. The molecule has 1 aromatic heterocycles. The standard InChI is InChI=1S/C54H37N/c1-54(2)48-25-12-10-20-40(48)46-32-37(28-30-49(46)54)52-42-22-8-9-23-43(42)53(51-33-45(35-15-4-3-5-16-35)41-21-11-13-26-50(41)55-51)44-29-27-36(31-47(44)52)39-24-14-18-34-17-6-7-19-38(34)39/h3-33H,1-2H3. The zero-order chi connectivity index (χ0) is 36.7. The lowest BCUT2D eigenvalue weighted by Gasteiger charge is -2.22. The molecule has 0 bridgehead atoms. The number of fused-ring (bicyclic) bond motifs is 7. The van der Waals surface area contributed by atoms with Gasteiger partial charge in [-0.2, -0.15) is 0 Å². The third-order valence-electron chi connectivity index (χ3n) is 12.1. The summed E-state index contributed by atoms with van der Waals surface area (Å²) in [4.78, 5) is 5.44. The number of aromatic nitrogens is 1.